The second-order valence-electron chi connectivity index (χ2n) is 7.30. The SMILES string of the molecule is CCOc1cc(F)c(-c2ccc3c(F)c(CCc4ccc(F)cc4)ccc3c2)c(F)c1. The number of fused-ring (bicyclic) bond motifs is 1. The van der Waals surface area contributed by atoms with Gasteiger partial charge in [-0.25, -0.2) is 17.6 Å². The van der Waals surface area contributed by atoms with Crippen LogP contribution in [0.4, 0.5) is 17.6 Å². The van der Waals surface area contributed by atoms with Gasteiger partial charge >= 0.3 is 0 Å². The molecule has 0 bridgehead atoms. The number of rotatable bonds is 6. The molecule has 0 atom stereocenters. The van der Waals surface area contributed by atoms with Crippen LogP contribution in [0.3, 0.4) is 0 Å². The fourth-order valence-corrected chi connectivity index (χ4v) is 3.69. The minimum Gasteiger partial charge on any atom is -0.494 e. The highest BCUT2D eigenvalue weighted by Crippen LogP contribution is 2.33. The van der Waals surface area contributed by atoms with Crippen molar-refractivity contribution in [3.8, 4) is 16.9 Å². The maximum atomic E-state index is 15.0. The molecule has 5 heteroatoms. The van der Waals surface area contributed by atoms with Crippen LogP contribution >= 0.6 is 0 Å². The van der Waals surface area contributed by atoms with E-state index in [1.165, 1.54) is 24.3 Å². The monoisotopic (exact) mass is 424 g/mol. The first-order valence-electron chi connectivity index (χ1n) is 10.0. The van der Waals surface area contributed by atoms with Gasteiger partial charge in [0.15, 0.2) is 0 Å². The lowest BCUT2D eigenvalue weighted by atomic mass is 9.96. The lowest BCUT2D eigenvalue weighted by molar-refractivity contribution is 0.336. The predicted octanol–water partition coefficient (Wildman–Crippen LogP) is 7.25. The summed E-state index contributed by atoms with van der Waals surface area (Å²) in [5.74, 6) is -2.02. The van der Waals surface area contributed by atoms with Crippen LogP contribution in [0.2, 0.25) is 0 Å². The van der Waals surface area contributed by atoms with Crippen LogP contribution < -0.4 is 4.74 Å². The maximum Gasteiger partial charge on any atom is 0.137 e. The molecule has 0 aliphatic carbocycles. The van der Waals surface area contributed by atoms with Gasteiger partial charge in [-0.1, -0.05) is 36.4 Å². The van der Waals surface area contributed by atoms with Gasteiger partial charge in [-0.2, -0.15) is 0 Å². The third kappa shape index (κ3) is 4.41. The third-order valence-corrected chi connectivity index (χ3v) is 5.25. The zero-order valence-electron chi connectivity index (χ0n) is 16.9. The zero-order valence-corrected chi connectivity index (χ0v) is 16.9. The molecule has 0 aromatic heterocycles. The van der Waals surface area contributed by atoms with Gasteiger partial charge in [-0.15, -0.1) is 0 Å². The molecule has 0 fully saturated rings. The summed E-state index contributed by atoms with van der Waals surface area (Å²) in [6.45, 7) is 2.03. The molecular weight excluding hydrogens is 404 g/mol. The Morgan fingerprint density at radius 3 is 2.13 bits per heavy atom. The van der Waals surface area contributed by atoms with Gasteiger partial charge in [-0.05, 0) is 60.0 Å². The highest BCUT2D eigenvalue weighted by atomic mass is 19.1. The van der Waals surface area contributed by atoms with Crippen molar-refractivity contribution >= 4 is 10.8 Å². The van der Waals surface area contributed by atoms with Crippen molar-refractivity contribution in [3.63, 3.8) is 0 Å². The Balaban J connectivity index is 1.63. The van der Waals surface area contributed by atoms with Crippen molar-refractivity contribution < 1.29 is 22.3 Å². The highest BCUT2D eigenvalue weighted by molar-refractivity contribution is 5.88. The number of hydrogen-bond acceptors (Lipinski definition) is 1. The van der Waals surface area contributed by atoms with Crippen LogP contribution in [0.25, 0.3) is 21.9 Å². The Morgan fingerprint density at radius 1 is 0.742 bits per heavy atom. The Labute approximate surface area is 177 Å². The average molecular weight is 424 g/mol. The van der Waals surface area contributed by atoms with E-state index in [0.717, 1.165) is 17.7 Å². The molecule has 1 nitrogen and oxygen atoms in total. The molecule has 158 valence electrons. The number of halogens is 4. The normalized spacial score (nSPS) is 11.1. The minimum atomic E-state index is -0.737. The standard InChI is InChI=1S/C26H20F4O/c1-2-31-21-14-23(28)25(24(29)15-21)19-9-12-22-18(13-19)8-7-17(26(22)30)6-3-16-4-10-20(27)11-5-16/h4-5,7-15H,2-3,6H2,1H3. The Hall–Kier alpha value is -3.34. The van der Waals surface area contributed by atoms with E-state index in [0.29, 0.717) is 41.3 Å². The lowest BCUT2D eigenvalue weighted by Crippen LogP contribution is -1.98. The van der Waals surface area contributed by atoms with Crippen LogP contribution in [0, 0.1) is 23.3 Å². The largest absolute Gasteiger partial charge is 0.494 e. The van der Waals surface area contributed by atoms with Crippen LogP contribution in [-0.4, -0.2) is 6.61 Å². The summed E-state index contributed by atoms with van der Waals surface area (Å²) in [5.41, 5.74) is 1.59. The minimum absolute atomic E-state index is 0.124. The van der Waals surface area contributed by atoms with E-state index in [9.17, 15) is 13.2 Å². The molecule has 0 amide bonds. The average Bonchev–Trinajstić information content (AvgIpc) is 2.74. The second kappa shape index (κ2) is 8.80. The van der Waals surface area contributed by atoms with Crippen molar-refractivity contribution in [1.82, 2.24) is 0 Å². The van der Waals surface area contributed by atoms with E-state index in [4.69, 9.17) is 4.74 Å². The first-order valence-corrected chi connectivity index (χ1v) is 10.0. The summed E-state index contributed by atoms with van der Waals surface area (Å²) in [7, 11) is 0. The van der Waals surface area contributed by atoms with E-state index in [-0.39, 0.29) is 22.9 Å². The van der Waals surface area contributed by atoms with E-state index in [2.05, 4.69) is 0 Å². The molecule has 0 radical (unpaired) electrons. The number of aryl methyl sites for hydroxylation is 2. The molecule has 0 heterocycles. The first-order chi connectivity index (χ1) is 15.0. The molecular formula is C26H20F4O. The van der Waals surface area contributed by atoms with Crippen molar-refractivity contribution in [2.45, 2.75) is 19.8 Å². The second-order valence-corrected chi connectivity index (χ2v) is 7.30. The molecule has 0 aliphatic heterocycles. The molecule has 0 saturated heterocycles. The summed E-state index contributed by atoms with van der Waals surface area (Å²) >= 11 is 0. The molecule has 0 N–H and O–H groups in total. The topological polar surface area (TPSA) is 9.23 Å². The highest BCUT2D eigenvalue weighted by Gasteiger charge is 2.16. The molecule has 0 spiro atoms. The fraction of sp³-hybridized carbons (Fsp3) is 0.154. The van der Waals surface area contributed by atoms with E-state index < -0.39 is 11.6 Å². The molecule has 4 aromatic carbocycles. The summed E-state index contributed by atoms with van der Waals surface area (Å²) < 4.78 is 62.3. The van der Waals surface area contributed by atoms with E-state index in [1.807, 2.05) is 0 Å². The number of ether oxygens (including phenoxy) is 1. The van der Waals surface area contributed by atoms with Gasteiger partial charge in [0.2, 0.25) is 0 Å². The Kier molecular flexibility index (Phi) is 5.94. The van der Waals surface area contributed by atoms with Crippen molar-refractivity contribution in [1.29, 1.82) is 0 Å². The van der Waals surface area contributed by atoms with E-state index >= 15 is 4.39 Å². The quantitative estimate of drug-likeness (QED) is 0.296. The van der Waals surface area contributed by atoms with E-state index in [1.54, 1.807) is 37.3 Å². The van der Waals surface area contributed by atoms with Gasteiger partial charge in [0.05, 0.1) is 12.2 Å². The van der Waals surface area contributed by atoms with Gasteiger partial charge in [0.25, 0.3) is 0 Å². The van der Waals surface area contributed by atoms with Crippen molar-refractivity contribution in [2.24, 2.45) is 0 Å². The van der Waals surface area contributed by atoms with Crippen LogP contribution in [-0.2, 0) is 12.8 Å². The smallest absolute Gasteiger partial charge is 0.137 e. The Bertz CT molecular complexity index is 1210. The van der Waals surface area contributed by atoms with Crippen LogP contribution in [0.5, 0.6) is 5.75 Å². The fourth-order valence-electron chi connectivity index (χ4n) is 3.69. The molecule has 4 rings (SSSR count). The third-order valence-electron chi connectivity index (χ3n) is 5.25. The molecule has 0 unspecified atom stereocenters. The summed E-state index contributed by atoms with van der Waals surface area (Å²) in [4.78, 5) is 0. The number of hydrogen-bond donors (Lipinski definition) is 0. The first kappa shape index (κ1) is 20.9. The molecule has 0 aliphatic rings. The molecule has 0 saturated carbocycles. The van der Waals surface area contributed by atoms with Gasteiger partial charge < -0.3 is 4.74 Å². The molecule has 31 heavy (non-hydrogen) atoms. The van der Waals surface area contributed by atoms with Crippen LogP contribution in [0.1, 0.15) is 18.1 Å². The lowest BCUT2D eigenvalue weighted by Gasteiger charge is -2.11. The zero-order chi connectivity index (χ0) is 22.0. The number of benzene rings is 4. The van der Waals surface area contributed by atoms with Crippen molar-refractivity contribution in [2.75, 3.05) is 6.61 Å². The van der Waals surface area contributed by atoms with Gasteiger partial charge in [-0.3, -0.25) is 0 Å². The molecule has 4 aromatic rings. The van der Waals surface area contributed by atoms with Crippen molar-refractivity contribution in [3.05, 3.63) is 101 Å². The summed E-state index contributed by atoms with van der Waals surface area (Å²) in [6.07, 6.45) is 1.03. The summed E-state index contributed by atoms with van der Waals surface area (Å²) in [6, 6.07) is 16.5. The maximum absolute atomic E-state index is 15.0. The summed E-state index contributed by atoms with van der Waals surface area (Å²) in [5, 5.41) is 0.931. The Morgan fingerprint density at radius 2 is 1.45 bits per heavy atom. The predicted molar refractivity (Wildman–Crippen MR) is 114 cm³/mol. The van der Waals surface area contributed by atoms with Gasteiger partial charge in [0.1, 0.15) is 29.0 Å². The van der Waals surface area contributed by atoms with Crippen LogP contribution in [0.15, 0.2) is 66.7 Å². The van der Waals surface area contributed by atoms with Gasteiger partial charge in [0, 0.05) is 17.5 Å².